The van der Waals surface area contributed by atoms with Crippen LogP contribution >= 0.6 is 0 Å². The largest absolute Gasteiger partial charge is 0.463 e. The maximum absolute atomic E-state index is 11.4. The van der Waals surface area contributed by atoms with Crippen LogP contribution in [0.25, 0.3) is 0 Å². The van der Waals surface area contributed by atoms with Gasteiger partial charge in [0.1, 0.15) is 0 Å². The first-order valence-electron chi connectivity index (χ1n) is 9.41. The van der Waals surface area contributed by atoms with Gasteiger partial charge in [-0.15, -0.1) is 0 Å². The smallest absolute Gasteiger partial charge is 0.330 e. The zero-order chi connectivity index (χ0) is 20.3. The van der Waals surface area contributed by atoms with Crippen molar-refractivity contribution in [1.82, 2.24) is 0 Å². The van der Waals surface area contributed by atoms with Gasteiger partial charge in [-0.1, -0.05) is 18.2 Å². The number of rotatable bonds is 14. The van der Waals surface area contributed by atoms with Gasteiger partial charge < -0.3 is 14.2 Å². The maximum atomic E-state index is 11.4. The fourth-order valence-corrected chi connectivity index (χ4v) is 2.40. The van der Waals surface area contributed by atoms with Crippen molar-refractivity contribution in [2.75, 3.05) is 19.8 Å². The molecule has 0 bridgehead atoms. The second-order valence-corrected chi connectivity index (χ2v) is 5.94. The number of hydrogen-bond donors (Lipinski definition) is 0. The van der Waals surface area contributed by atoms with E-state index < -0.39 is 0 Å². The Morgan fingerprint density at radius 3 is 1.37 bits per heavy atom. The zero-order valence-corrected chi connectivity index (χ0v) is 16.6. The van der Waals surface area contributed by atoms with E-state index in [0.717, 1.165) is 32.1 Å². The average molecular weight is 380 g/mol. The molecule has 0 aliphatic heterocycles. The van der Waals surface area contributed by atoms with Gasteiger partial charge in [-0.3, -0.25) is 0 Å². The van der Waals surface area contributed by atoms with Crippen LogP contribution in [-0.2, 0) is 28.6 Å². The van der Waals surface area contributed by atoms with Crippen molar-refractivity contribution in [2.45, 2.75) is 52.9 Å². The zero-order valence-electron chi connectivity index (χ0n) is 16.6. The minimum atomic E-state index is -0.350. The summed E-state index contributed by atoms with van der Waals surface area (Å²) in [6.07, 6.45) is 12.9. The molecule has 0 aromatic carbocycles. The lowest BCUT2D eigenvalue weighted by Crippen LogP contribution is -2.12. The Bertz CT molecular complexity index is 487. The monoisotopic (exact) mass is 380 g/mol. The summed E-state index contributed by atoms with van der Waals surface area (Å²) in [7, 11) is 0. The molecule has 0 spiro atoms. The molecule has 0 amide bonds. The number of carbonyl (C=O) groups excluding carboxylic acids is 3. The fraction of sp³-hybridized carbons (Fsp3) is 0.571. The van der Waals surface area contributed by atoms with Gasteiger partial charge in [-0.05, 0) is 58.8 Å². The highest BCUT2D eigenvalue weighted by atomic mass is 16.5. The molecule has 0 N–H and O–H groups in total. The molecule has 6 heteroatoms. The predicted octanol–water partition coefficient (Wildman–Crippen LogP) is 3.91. The Labute approximate surface area is 162 Å². The number of hydrogen-bond acceptors (Lipinski definition) is 6. The molecule has 0 atom stereocenters. The standard InChI is InChI=1S/C21H32O6/c1-4-9-19(22)25-15-7-12-18(14-17-27-21(24)11-6-3)13-8-16-26-20(23)10-5-2/h4-6,9-11,18H,7-8,12-17H2,1-3H3/b9-4+,10-5+,11-6-. The van der Waals surface area contributed by atoms with E-state index in [1.54, 1.807) is 39.0 Å². The Morgan fingerprint density at radius 2 is 1.00 bits per heavy atom. The summed E-state index contributed by atoms with van der Waals surface area (Å²) in [5.74, 6) is -0.739. The van der Waals surface area contributed by atoms with Crippen molar-refractivity contribution in [3.05, 3.63) is 36.5 Å². The van der Waals surface area contributed by atoms with Gasteiger partial charge in [0.15, 0.2) is 0 Å². The minimum absolute atomic E-state index is 0.296. The lowest BCUT2D eigenvalue weighted by atomic mass is 9.95. The molecular weight excluding hydrogens is 348 g/mol. The molecular formula is C21H32O6. The summed E-state index contributed by atoms with van der Waals surface area (Å²) in [5.41, 5.74) is 0. The predicted molar refractivity (Wildman–Crippen MR) is 104 cm³/mol. The van der Waals surface area contributed by atoms with E-state index in [2.05, 4.69) is 0 Å². The molecule has 0 saturated carbocycles. The summed E-state index contributed by atoms with van der Waals surface area (Å²) >= 11 is 0. The maximum Gasteiger partial charge on any atom is 0.330 e. The number of allylic oxidation sites excluding steroid dienone is 3. The molecule has 0 rings (SSSR count). The molecule has 0 unspecified atom stereocenters. The summed E-state index contributed by atoms with van der Waals surface area (Å²) in [6.45, 7) is 6.33. The molecule has 152 valence electrons. The Hall–Kier alpha value is -2.37. The van der Waals surface area contributed by atoms with Crippen molar-refractivity contribution in [2.24, 2.45) is 5.92 Å². The lowest BCUT2D eigenvalue weighted by molar-refractivity contribution is -0.139. The van der Waals surface area contributed by atoms with Gasteiger partial charge in [0, 0.05) is 18.2 Å². The van der Waals surface area contributed by atoms with E-state index in [1.807, 2.05) is 0 Å². The molecule has 0 radical (unpaired) electrons. The van der Waals surface area contributed by atoms with Crippen molar-refractivity contribution < 1.29 is 28.6 Å². The number of ether oxygens (including phenoxy) is 3. The molecule has 0 aliphatic carbocycles. The van der Waals surface area contributed by atoms with Gasteiger partial charge in [0.05, 0.1) is 19.8 Å². The highest BCUT2D eigenvalue weighted by Crippen LogP contribution is 2.18. The van der Waals surface area contributed by atoms with E-state index in [-0.39, 0.29) is 17.9 Å². The average Bonchev–Trinajstić information content (AvgIpc) is 2.62. The molecule has 0 aliphatic rings. The Kier molecular flexibility index (Phi) is 15.6. The first kappa shape index (κ1) is 24.6. The molecule has 0 aromatic rings. The van der Waals surface area contributed by atoms with Crippen LogP contribution in [0.4, 0.5) is 0 Å². The number of esters is 3. The van der Waals surface area contributed by atoms with Crippen molar-refractivity contribution in [1.29, 1.82) is 0 Å². The van der Waals surface area contributed by atoms with E-state index >= 15 is 0 Å². The second-order valence-electron chi connectivity index (χ2n) is 5.94. The third kappa shape index (κ3) is 15.6. The highest BCUT2D eigenvalue weighted by Gasteiger charge is 2.11. The first-order chi connectivity index (χ1) is 13.0. The number of carbonyl (C=O) groups is 3. The van der Waals surface area contributed by atoms with Crippen LogP contribution in [0.5, 0.6) is 0 Å². The van der Waals surface area contributed by atoms with Crippen LogP contribution < -0.4 is 0 Å². The van der Waals surface area contributed by atoms with Crippen LogP contribution in [0, 0.1) is 5.92 Å². The van der Waals surface area contributed by atoms with Crippen LogP contribution in [0.1, 0.15) is 52.9 Å². The van der Waals surface area contributed by atoms with Crippen LogP contribution in [0.3, 0.4) is 0 Å². The van der Waals surface area contributed by atoms with Crippen molar-refractivity contribution >= 4 is 17.9 Å². The SMILES string of the molecule is C/C=C\C(=O)OCCC(CCCOC(=O)/C=C/C)CCCOC(=O)/C=C/C. The fourth-order valence-electron chi connectivity index (χ4n) is 2.40. The van der Waals surface area contributed by atoms with Crippen LogP contribution in [0.2, 0.25) is 0 Å². The molecule has 0 saturated heterocycles. The summed E-state index contributed by atoms with van der Waals surface area (Å²) in [5, 5.41) is 0. The highest BCUT2D eigenvalue weighted by molar-refractivity contribution is 5.82. The molecule has 0 fully saturated rings. The first-order valence-corrected chi connectivity index (χ1v) is 9.41. The second kappa shape index (κ2) is 17.1. The molecule has 0 heterocycles. The Morgan fingerprint density at radius 1 is 0.630 bits per heavy atom. The normalized spacial score (nSPS) is 11.6. The quantitative estimate of drug-likeness (QED) is 0.197. The molecule has 6 nitrogen and oxygen atoms in total. The van der Waals surface area contributed by atoms with Gasteiger partial charge in [-0.2, -0.15) is 0 Å². The van der Waals surface area contributed by atoms with E-state index in [1.165, 1.54) is 18.2 Å². The molecule has 0 aromatic heterocycles. The topological polar surface area (TPSA) is 78.9 Å². The van der Waals surface area contributed by atoms with Crippen LogP contribution in [0.15, 0.2) is 36.5 Å². The van der Waals surface area contributed by atoms with Crippen molar-refractivity contribution in [3.8, 4) is 0 Å². The lowest BCUT2D eigenvalue weighted by Gasteiger charge is -2.16. The third-order valence-corrected chi connectivity index (χ3v) is 3.68. The summed E-state index contributed by atoms with van der Waals surface area (Å²) < 4.78 is 15.3. The summed E-state index contributed by atoms with van der Waals surface area (Å²) in [6, 6.07) is 0. The van der Waals surface area contributed by atoms with E-state index in [9.17, 15) is 14.4 Å². The van der Waals surface area contributed by atoms with Gasteiger partial charge in [0.25, 0.3) is 0 Å². The van der Waals surface area contributed by atoms with Gasteiger partial charge in [0.2, 0.25) is 0 Å². The van der Waals surface area contributed by atoms with Gasteiger partial charge in [-0.25, -0.2) is 14.4 Å². The van der Waals surface area contributed by atoms with Crippen LogP contribution in [-0.4, -0.2) is 37.7 Å². The minimum Gasteiger partial charge on any atom is -0.463 e. The Balaban J connectivity index is 4.24. The third-order valence-electron chi connectivity index (χ3n) is 3.68. The summed E-state index contributed by atoms with van der Waals surface area (Å²) in [4.78, 5) is 34.0. The van der Waals surface area contributed by atoms with Gasteiger partial charge >= 0.3 is 17.9 Å². The van der Waals surface area contributed by atoms with E-state index in [4.69, 9.17) is 14.2 Å². The van der Waals surface area contributed by atoms with E-state index in [0.29, 0.717) is 25.7 Å². The molecule has 27 heavy (non-hydrogen) atoms. The van der Waals surface area contributed by atoms with Crippen molar-refractivity contribution in [3.63, 3.8) is 0 Å².